The molecule has 5 heteroatoms. The zero-order valence-electron chi connectivity index (χ0n) is 12.5. The van der Waals surface area contributed by atoms with Crippen LogP contribution in [0.2, 0.25) is 0 Å². The molecule has 0 bridgehead atoms. The third-order valence-corrected chi connectivity index (χ3v) is 3.61. The first kappa shape index (κ1) is 20.2. The van der Waals surface area contributed by atoms with Gasteiger partial charge in [0.1, 0.15) is 0 Å². The predicted molar refractivity (Wildman–Crippen MR) is 83.9 cm³/mol. The molecule has 2 rings (SSSR count). The van der Waals surface area contributed by atoms with Crippen LogP contribution in [-0.4, -0.2) is 25.2 Å². The predicted octanol–water partition coefficient (Wildman–Crippen LogP) is 5.73. The van der Waals surface area contributed by atoms with Gasteiger partial charge in [-0.3, -0.25) is 0 Å². The van der Waals surface area contributed by atoms with Crippen molar-refractivity contribution in [3.63, 3.8) is 0 Å². The molecule has 0 saturated carbocycles. The summed E-state index contributed by atoms with van der Waals surface area (Å²) in [5, 5.41) is 8.76. The fourth-order valence-corrected chi connectivity index (χ4v) is 2.58. The van der Waals surface area contributed by atoms with Crippen LogP contribution in [0, 0.1) is 11.8 Å². The number of rotatable bonds is 0. The van der Waals surface area contributed by atoms with E-state index in [-0.39, 0.29) is 0 Å². The van der Waals surface area contributed by atoms with Gasteiger partial charge in [0.05, 0.1) is 0 Å². The summed E-state index contributed by atoms with van der Waals surface area (Å²) in [5.41, 5.74) is 0. The van der Waals surface area contributed by atoms with Crippen molar-refractivity contribution >= 4 is 18.8 Å². The second-order valence-corrected chi connectivity index (χ2v) is 9.10. The molecule has 0 aromatic rings. The van der Waals surface area contributed by atoms with E-state index in [0.717, 1.165) is 24.9 Å². The molecule has 0 spiro atoms. The summed E-state index contributed by atoms with van der Waals surface area (Å²) < 4.78 is 0. The van der Waals surface area contributed by atoms with Crippen molar-refractivity contribution in [1.29, 1.82) is 0 Å². The molecule has 2 nitrogen and oxygen atoms in total. The molecule has 0 N–H and O–H groups in total. The number of hydrogen-bond acceptors (Lipinski definition) is 0. The first-order valence-corrected chi connectivity index (χ1v) is 12.8. The molecule has 0 amide bonds. The van der Waals surface area contributed by atoms with E-state index in [2.05, 4.69) is 38.3 Å². The second kappa shape index (κ2) is 12.9. The molecule has 0 radical (unpaired) electrons. The van der Waals surface area contributed by atoms with Crippen LogP contribution >= 0.6 is 18.8 Å². The van der Waals surface area contributed by atoms with E-state index < -0.39 is 16.5 Å². The van der Waals surface area contributed by atoms with Gasteiger partial charge in [0, 0.05) is 0 Å². The third kappa shape index (κ3) is 12.6. The second-order valence-electron chi connectivity index (χ2n) is 5.81. The zero-order chi connectivity index (χ0) is 14.7. The van der Waals surface area contributed by atoms with E-state index in [9.17, 15) is 0 Å². The molecule has 0 aromatic carbocycles. The molecule has 4 atom stereocenters. The van der Waals surface area contributed by atoms with E-state index in [0.29, 0.717) is 12.1 Å². The molecule has 19 heavy (non-hydrogen) atoms. The Morgan fingerprint density at radius 2 is 1.11 bits per heavy atom. The van der Waals surface area contributed by atoms with Crippen molar-refractivity contribution in [2.45, 2.75) is 65.5 Å². The van der Waals surface area contributed by atoms with E-state index in [1.54, 1.807) is 0 Å². The number of piperidine rings is 2. The van der Waals surface area contributed by atoms with Crippen LogP contribution in [0.3, 0.4) is 0 Å². The maximum absolute atomic E-state index is 4.88. The SMILES string of the molecule is CC1CC[N-]C(C)C1.CC1CC[N-]C(C)C1.[Cl][Pt+2][Cl]. The van der Waals surface area contributed by atoms with Gasteiger partial charge in [-0.25, -0.2) is 0 Å². The first-order valence-electron chi connectivity index (χ1n) is 7.15. The molecular weight excluding hydrogens is 462 g/mol. The Kier molecular flexibility index (Phi) is 13.7. The average Bonchev–Trinajstić information content (AvgIpc) is 2.30. The maximum atomic E-state index is 4.88. The van der Waals surface area contributed by atoms with Gasteiger partial charge in [0.25, 0.3) is 0 Å². The normalized spacial score (nSPS) is 34.6. The van der Waals surface area contributed by atoms with Crippen LogP contribution in [-0.2, 0) is 16.5 Å². The van der Waals surface area contributed by atoms with Crippen LogP contribution < -0.4 is 0 Å². The summed E-state index contributed by atoms with van der Waals surface area (Å²) in [7, 11) is 9.75. The third-order valence-electron chi connectivity index (χ3n) is 3.61. The summed E-state index contributed by atoms with van der Waals surface area (Å²) >= 11 is -0.472. The van der Waals surface area contributed by atoms with Crippen molar-refractivity contribution in [3.05, 3.63) is 10.6 Å². The van der Waals surface area contributed by atoms with E-state index in [1.165, 1.54) is 25.7 Å². The van der Waals surface area contributed by atoms with Gasteiger partial charge in [-0.2, -0.15) is 0 Å². The topological polar surface area (TPSA) is 28.2 Å². The van der Waals surface area contributed by atoms with E-state index in [4.69, 9.17) is 18.8 Å². The Hall–Kier alpha value is 1.19. The molecule has 2 saturated heterocycles. The summed E-state index contributed by atoms with van der Waals surface area (Å²) in [5.74, 6) is 1.84. The van der Waals surface area contributed by atoms with Crippen LogP contribution in [0.25, 0.3) is 10.6 Å². The molecule has 2 fully saturated rings. The number of hydrogen-bond donors (Lipinski definition) is 0. The molecule has 118 valence electrons. The molecule has 2 heterocycles. The number of nitrogens with zero attached hydrogens (tertiary/aromatic N) is 2. The van der Waals surface area contributed by atoms with Gasteiger partial charge in [-0.15, -0.1) is 25.2 Å². The Morgan fingerprint density at radius 3 is 1.26 bits per heavy atom. The minimum atomic E-state index is -0.472. The number of halogens is 2. The van der Waals surface area contributed by atoms with Gasteiger partial charge >= 0.3 is 35.3 Å². The molecule has 4 unspecified atom stereocenters. The van der Waals surface area contributed by atoms with Crippen LogP contribution in [0.15, 0.2) is 0 Å². The Bertz CT molecular complexity index is 172. The molecule has 0 aliphatic carbocycles. The average molecular weight is 490 g/mol. The van der Waals surface area contributed by atoms with Crippen LogP contribution in [0.1, 0.15) is 53.4 Å². The first-order chi connectivity index (χ1) is 8.99. The monoisotopic (exact) mass is 489 g/mol. The van der Waals surface area contributed by atoms with Gasteiger partial charge in [0.2, 0.25) is 0 Å². The standard InChI is InChI=1S/2C7H14N.2ClH.Pt/c2*1-6-3-4-8-7(2)5-6;;;/h2*6-7H,3-5H2,1-2H3;2*1H;/q2*-1;;;+4/p-2. The summed E-state index contributed by atoms with van der Waals surface area (Å²) in [6, 6.07) is 1.28. The van der Waals surface area contributed by atoms with E-state index in [1.807, 2.05) is 0 Å². The van der Waals surface area contributed by atoms with Gasteiger partial charge in [-0.05, 0) is 11.8 Å². The van der Waals surface area contributed by atoms with E-state index >= 15 is 0 Å². The fraction of sp³-hybridized carbons (Fsp3) is 1.00. The van der Waals surface area contributed by atoms with Crippen LogP contribution in [0.5, 0.6) is 0 Å². The molecule has 2 aliphatic heterocycles. The Balaban J connectivity index is 0.000000284. The molecule has 2 aliphatic rings. The fourth-order valence-electron chi connectivity index (χ4n) is 2.58. The van der Waals surface area contributed by atoms with Gasteiger partial charge < -0.3 is 10.6 Å². The van der Waals surface area contributed by atoms with Crippen molar-refractivity contribution in [1.82, 2.24) is 0 Å². The van der Waals surface area contributed by atoms with Gasteiger partial charge in [-0.1, -0.05) is 53.4 Å². The Morgan fingerprint density at radius 1 is 0.789 bits per heavy atom. The van der Waals surface area contributed by atoms with Gasteiger partial charge in [0.15, 0.2) is 0 Å². The van der Waals surface area contributed by atoms with Crippen molar-refractivity contribution < 1.29 is 16.5 Å². The van der Waals surface area contributed by atoms with Crippen molar-refractivity contribution in [3.8, 4) is 0 Å². The summed E-state index contributed by atoms with van der Waals surface area (Å²) in [4.78, 5) is 0. The molecular formula is C14H28Cl2N2Pt. The minimum absolute atomic E-state index is 0.472. The van der Waals surface area contributed by atoms with Crippen molar-refractivity contribution in [2.75, 3.05) is 13.1 Å². The molecule has 0 aromatic heterocycles. The summed E-state index contributed by atoms with van der Waals surface area (Å²) in [6.07, 6.45) is 5.23. The quantitative estimate of drug-likeness (QED) is 0.415. The Labute approximate surface area is 136 Å². The zero-order valence-corrected chi connectivity index (χ0v) is 16.3. The van der Waals surface area contributed by atoms with Crippen molar-refractivity contribution in [2.24, 2.45) is 11.8 Å². The summed E-state index contributed by atoms with van der Waals surface area (Å²) in [6.45, 7) is 11.2. The van der Waals surface area contributed by atoms with Crippen LogP contribution in [0.4, 0.5) is 0 Å².